The van der Waals surface area contributed by atoms with Crippen LogP contribution in [0.3, 0.4) is 0 Å². The van der Waals surface area contributed by atoms with Gasteiger partial charge in [0.25, 0.3) is 0 Å². The maximum atomic E-state index is 12.0. The minimum absolute atomic E-state index is 0.209. The maximum Gasteiger partial charge on any atom is 0.410 e. The molecule has 6 heteroatoms. The fourth-order valence-corrected chi connectivity index (χ4v) is 3.05. The molecule has 0 saturated carbocycles. The maximum absolute atomic E-state index is 12.0. The summed E-state index contributed by atoms with van der Waals surface area (Å²) in [6.07, 6.45) is 5.63. The Labute approximate surface area is 146 Å². The van der Waals surface area contributed by atoms with Gasteiger partial charge in [0.05, 0.1) is 12.2 Å². The molecule has 0 radical (unpaired) electrons. The van der Waals surface area contributed by atoms with Gasteiger partial charge in [0, 0.05) is 32.8 Å². The smallest absolute Gasteiger partial charge is 0.410 e. The molecule has 6 nitrogen and oxygen atoms in total. The predicted octanol–water partition coefficient (Wildman–Crippen LogP) is 2.56. The summed E-state index contributed by atoms with van der Waals surface area (Å²) in [5, 5.41) is 3.43. The van der Waals surface area contributed by atoms with E-state index < -0.39 is 5.60 Å². The number of nitrogens with zero attached hydrogens (tertiary/aromatic N) is 1. The standard InChI is InChI=1S/C18H34N2O4/c1-18(2,3)24-17(21)20-10-7-15(8-11-20)22-13-5-9-19-14-16-6-4-12-23-16/h15-16,19H,4-14H2,1-3H3. The molecule has 2 aliphatic heterocycles. The van der Waals surface area contributed by atoms with E-state index >= 15 is 0 Å². The van der Waals surface area contributed by atoms with E-state index in [-0.39, 0.29) is 12.2 Å². The second-order valence-corrected chi connectivity index (χ2v) is 7.73. The molecule has 1 unspecified atom stereocenters. The molecule has 2 aliphatic rings. The highest BCUT2D eigenvalue weighted by atomic mass is 16.6. The van der Waals surface area contributed by atoms with Crippen LogP contribution in [-0.2, 0) is 14.2 Å². The molecular weight excluding hydrogens is 308 g/mol. The van der Waals surface area contributed by atoms with Gasteiger partial charge in [-0.15, -0.1) is 0 Å². The topological polar surface area (TPSA) is 60.0 Å². The third-order valence-corrected chi connectivity index (χ3v) is 4.34. The monoisotopic (exact) mass is 342 g/mol. The molecule has 0 aliphatic carbocycles. The SMILES string of the molecule is CC(C)(C)OC(=O)N1CCC(OCCCNCC2CCCO2)CC1. The summed E-state index contributed by atoms with van der Waals surface area (Å²) in [6, 6.07) is 0. The van der Waals surface area contributed by atoms with Crippen molar-refractivity contribution in [2.45, 2.75) is 70.7 Å². The summed E-state index contributed by atoms with van der Waals surface area (Å²) in [5.41, 5.74) is -0.430. The summed E-state index contributed by atoms with van der Waals surface area (Å²) in [6.45, 7) is 10.7. The third kappa shape index (κ3) is 7.36. The highest BCUT2D eigenvalue weighted by Gasteiger charge is 2.27. The van der Waals surface area contributed by atoms with Crippen LogP contribution in [0.15, 0.2) is 0 Å². The quantitative estimate of drug-likeness (QED) is 0.721. The van der Waals surface area contributed by atoms with Gasteiger partial charge in [-0.05, 0) is 59.4 Å². The molecule has 1 N–H and O–H groups in total. The average molecular weight is 342 g/mol. The Balaban J connectivity index is 1.48. The van der Waals surface area contributed by atoms with Gasteiger partial charge in [0.15, 0.2) is 0 Å². The molecule has 1 amide bonds. The first-order valence-corrected chi connectivity index (χ1v) is 9.36. The van der Waals surface area contributed by atoms with Crippen LogP contribution in [0.5, 0.6) is 0 Å². The molecule has 24 heavy (non-hydrogen) atoms. The first-order valence-electron chi connectivity index (χ1n) is 9.36. The summed E-state index contributed by atoms with van der Waals surface area (Å²) < 4.78 is 16.9. The van der Waals surface area contributed by atoms with E-state index in [1.165, 1.54) is 12.8 Å². The Hall–Kier alpha value is -0.850. The Kier molecular flexibility index (Phi) is 7.78. The van der Waals surface area contributed by atoms with Crippen LogP contribution in [0.2, 0.25) is 0 Å². The lowest BCUT2D eigenvalue weighted by Crippen LogP contribution is -2.43. The molecule has 0 spiro atoms. The summed E-state index contributed by atoms with van der Waals surface area (Å²) in [4.78, 5) is 13.8. The summed E-state index contributed by atoms with van der Waals surface area (Å²) in [5.74, 6) is 0. The largest absolute Gasteiger partial charge is 0.444 e. The molecule has 140 valence electrons. The van der Waals surface area contributed by atoms with E-state index in [1.54, 1.807) is 4.90 Å². The lowest BCUT2D eigenvalue weighted by atomic mass is 10.1. The van der Waals surface area contributed by atoms with Crippen LogP contribution in [0.4, 0.5) is 4.79 Å². The molecule has 2 rings (SSSR count). The second kappa shape index (κ2) is 9.59. The summed E-state index contributed by atoms with van der Waals surface area (Å²) in [7, 11) is 0. The number of nitrogens with one attached hydrogen (secondary N) is 1. The molecule has 2 fully saturated rings. The van der Waals surface area contributed by atoms with Gasteiger partial charge in [-0.2, -0.15) is 0 Å². The Morgan fingerprint density at radius 2 is 2.00 bits per heavy atom. The highest BCUT2D eigenvalue weighted by Crippen LogP contribution is 2.17. The minimum Gasteiger partial charge on any atom is -0.444 e. The van der Waals surface area contributed by atoms with Crippen LogP contribution >= 0.6 is 0 Å². The van der Waals surface area contributed by atoms with Crippen molar-refractivity contribution >= 4 is 6.09 Å². The van der Waals surface area contributed by atoms with Gasteiger partial charge in [-0.3, -0.25) is 0 Å². The predicted molar refractivity (Wildman–Crippen MR) is 93.2 cm³/mol. The highest BCUT2D eigenvalue weighted by molar-refractivity contribution is 5.68. The van der Waals surface area contributed by atoms with Crippen molar-refractivity contribution in [3.63, 3.8) is 0 Å². The van der Waals surface area contributed by atoms with Crippen LogP contribution in [0.25, 0.3) is 0 Å². The molecule has 0 bridgehead atoms. The minimum atomic E-state index is -0.430. The van der Waals surface area contributed by atoms with Gasteiger partial charge in [0.1, 0.15) is 5.60 Å². The number of likely N-dealkylation sites (tertiary alicyclic amines) is 1. The zero-order chi connectivity index (χ0) is 17.4. The van der Waals surface area contributed by atoms with Crippen molar-refractivity contribution < 1.29 is 19.0 Å². The van der Waals surface area contributed by atoms with E-state index in [0.29, 0.717) is 6.10 Å². The zero-order valence-corrected chi connectivity index (χ0v) is 15.5. The van der Waals surface area contributed by atoms with E-state index in [4.69, 9.17) is 14.2 Å². The van der Waals surface area contributed by atoms with Crippen LogP contribution in [0.1, 0.15) is 52.9 Å². The van der Waals surface area contributed by atoms with E-state index in [1.807, 2.05) is 20.8 Å². The lowest BCUT2D eigenvalue weighted by Gasteiger charge is -2.33. The number of piperidine rings is 1. The molecule has 1 atom stereocenters. The number of hydrogen-bond donors (Lipinski definition) is 1. The van der Waals surface area contributed by atoms with Gasteiger partial charge in [-0.25, -0.2) is 4.79 Å². The van der Waals surface area contributed by atoms with Crippen LogP contribution < -0.4 is 5.32 Å². The number of ether oxygens (including phenoxy) is 3. The average Bonchev–Trinajstić information content (AvgIpc) is 3.03. The van der Waals surface area contributed by atoms with Crippen molar-refractivity contribution in [1.29, 1.82) is 0 Å². The Bertz CT molecular complexity index is 370. The van der Waals surface area contributed by atoms with Gasteiger partial charge < -0.3 is 24.4 Å². The lowest BCUT2D eigenvalue weighted by molar-refractivity contribution is -0.0118. The second-order valence-electron chi connectivity index (χ2n) is 7.73. The third-order valence-electron chi connectivity index (χ3n) is 4.34. The Morgan fingerprint density at radius 1 is 1.25 bits per heavy atom. The Morgan fingerprint density at radius 3 is 2.62 bits per heavy atom. The molecule has 2 saturated heterocycles. The number of amides is 1. The van der Waals surface area contributed by atoms with Gasteiger partial charge >= 0.3 is 6.09 Å². The van der Waals surface area contributed by atoms with E-state index in [0.717, 1.165) is 58.7 Å². The first kappa shape index (κ1) is 19.5. The van der Waals surface area contributed by atoms with E-state index in [2.05, 4.69) is 5.32 Å². The molecule has 0 aromatic carbocycles. The number of rotatable bonds is 7. The normalized spacial score (nSPS) is 22.8. The van der Waals surface area contributed by atoms with Crippen LogP contribution in [0, 0.1) is 0 Å². The molecule has 2 heterocycles. The zero-order valence-electron chi connectivity index (χ0n) is 15.5. The summed E-state index contributed by atoms with van der Waals surface area (Å²) >= 11 is 0. The van der Waals surface area contributed by atoms with Crippen molar-refractivity contribution in [2.24, 2.45) is 0 Å². The van der Waals surface area contributed by atoms with Crippen molar-refractivity contribution in [3.05, 3.63) is 0 Å². The van der Waals surface area contributed by atoms with Crippen LogP contribution in [-0.4, -0.2) is 68.2 Å². The molecule has 0 aromatic rings. The van der Waals surface area contributed by atoms with Crippen molar-refractivity contribution in [2.75, 3.05) is 39.4 Å². The van der Waals surface area contributed by atoms with Crippen molar-refractivity contribution in [1.82, 2.24) is 10.2 Å². The number of carbonyl (C=O) groups excluding carboxylic acids is 1. The number of hydrogen-bond acceptors (Lipinski definition) is 5. The number of carbonyl (C=O) groups is 1. The first-order chi connectivity index (χ1) is 11.4. The fourth-order valence-electron chi connectivity index (χ4n) is 3.05. The van der Waals surface area contributed by atoms with Gasteiger partial charge in [0.2, 0.25) is 0 Å². The fraction of sp³-hybridized carbons (Fsp3) is 0.944. The molecule has 0 aromatic heterocycles. The van der Waals surface area contributed by atoms with Gasteiger partial charge in [-0.1, -0.05) is 0 Å². The van der Waals surface area contributed by atoms with E-state index in [9.17, 15) is 4.79 Å². The van der Waals surface area contributed by atoms with Crippen molar-refractivity contribution in [3.8, 4) is 0 Å². The molecular formula is C18H34N2O4.